The highest BCUT2D eigenvalue weighted by Crippen LogP contribution is 2.29. The Bertz CT molecular complexity index is 959. The first kappa shape index (κ1) is 24.5. The average Bonchev–Trinajstić information content (AvgIpc) is 2.68. The molecule has 0 heterocycles. The van der Waals surface area contributed by atoms with E-state index in [0.717, 1.165) is 0 Å². The Hall–Kier alpha value is -2.81. The molecule has 5 N–H and O–H groups in total. The van der Waals surface area contributed by atoms with Crippen LogP contribution >= 0.6 is 23.2 Å². The van der Waals surface area contributed by atoms with Gasteiger partial charge in [-0.2, -0.15) is 0 Å². The van der Waals surface area contributed by atoms with Crippen molar-refractivity contribution >= 4 is 41.0 Å². The van der Waals surface area contributed by atoms with Crippen molar-refractivity contribution in [2.45, 2.75) is 31.9 Å². The first-order valence-corrected chi connectivity index (χ1v) is 10.1. The highest BCUT2D eigenvalue weighted by atomic mass is 35.5. The van der Waals surface area contributed by atoms with E-state index in [-0.39, 0.29) is 27.9 Å². The van der Waals surface area contributed by atoms with E-state index < -0.39 is 29.9 Å². The highest BCUT2D eigenvalue weighted by Gasteiger charge is 2.24. The maximum absolute atomic E-state index is 12.5. The lowest BCUT2D eigenvalue weighted by Gasteiger charge is -2.17. The van der Waals surface area contributed by atoms with Gasteiger partial charge in [-0.25, -0.2) is 4.79 Å². The number of phenols is 1. The third-order valence-electron chi connectivity index (χ3n) is 4.45. The molecule has 2 aromatic rings. The van der Waals surface area contributed by atoms with Crippen molar-refractivity contribution in [1.29, 1.82) is 0 Å². The largest absolute Gasteiger partial charge is 0.508 e. The summed E-state index contributed by atoms with van der Waals surface area (Å²) in [6, 6.07) is 7.97. The number of halogens is 2. The van der Waals surface area contributed by atoms with Gasteiger partial charge in [-0.1, -0.05) is 35.3 Å². The van der Waals surface area contributed by atoms with Gasteiger partial charge in [-0.3, -0.25) is 9.59 Å². The summed E-state index contributed by atoms with van der Waals surface area (Å²) in [5.41, 5.74) is 1.14. The fourth-order valence-electron chi connectivity index (χ4n) is 2.87. The van der Waals surface area contributed by atoms with Crippen molar-refractivity contribution < 1.29 is 29.7 Å². The quantitative estimate of drug-likeness (QED) is 0.383. The second kappa shape index (κ2) is 11.0. The fourth-order valence-corrected chi connectivity index (χ4v) is 3.57. The molecule has 0 saturated heterocycles. The van der Waals surface area contributed by atoms with Crippen LogP contribution < -0.4 is 10.6 Å². The van der Waals surface area contributed by atoms with Crippen LogP contribution in [0, 0.1) is 0 Å². The number of carbonyl (C=O) groups excluding carboxylic acids is 2. The molecule has 10 heteroatoms. The van der Waals surface area contributed by atoms with Crippen molar-refractivity contribution in [2.24, 2.45) is 0 Å². The Balaban J connectivity index is 2.09. The second-order valence-corrected chi connectivity index (χ2v) is 7.70. The normalized spacial score (nSPS) is 12.6. The number of aliphatic hydroxyl groups excluding tert-OH is 1. The molecule has 0 aromatic heterocycles. The maximum Gasteiger partial charge on any atom is 0.328 e. The molecule has 0 radical (unpaired) electrons. The summed E-state index contributed by atoms with van der Waals surface area (Å²) in [7, 11) is 0. The molecule has 2 atom stereocenters. The van der Waals surface area contributed by atoms with Crippen LogP contribution in [0.5, 0.6) is 5.75 Å². The van der Waals surface area contributed by atoms with Crippen molar-refractivity contribution in [3.05, 3.63) is 63.1 Å². The Morgan fingerprint density at radius 1 is 1.10 bits per heavy atom. The van der Waals surface area contributed by atoms with Gasteiger partial charge in [0.2, 0.25) is 5.91 Å². The number of phenolic OH excluding ortho intramolecular Hbond substituents is 1. The Kier molecular flexibility index (Phi) is 8.67. The van der Waals surface area contributed by atoms with Crippen molar-refractivity contribution in [3.63, 3.8) is 0 Å². The van der Waals surface area contributed by atoms with Gasteiger partial charge in [0.15, 0.2) is 0 Å². The van der Waals surface area contributed by atoms with E-state index in [1.165, 1.54) is 31.2 Å². The van der Waals surface area contributed by atoms with E-state index in [0.29, 0.717) is 24.0 Å². The fraction of sp³-hybridized carbons (Fsp3) is 0.286. The minimum Gasteiger partial charge on any atom is -0.508 e. The topological polar surface area (TPSA) is 136 Å². The first-order chi connectivity index (χ1) is 14.6. The van der Waals surface area contributed by atoms with Crippen LogP contribution in [-0.2, 0) is 16.0 Å². The van der Waals surface area contributed by atoms with Gasteiger partial charge in [0.25, 0.3) is 5.91 Å². The van der Waals surface area contributed by atoms with Gasteiger partial charge >= 0.3 is 5.97 Å². The monoisotopic (exact) mass is 468 g/mol. The molecule has 0 saturated carbocycles. The number of aliphatic hydroxyl groups is 1. The molecule has 166 valence electrons. The molecule has 8 nitrogen and oxygen atoms in total. The lowest BCUT2D eigenvalue weighted by atomic mass is 10.00. The summed E-state index contributed by atoms with van der Waals surface area (Å²) in [6.45, 7) is 0.932. The minimum atomic E-state index is -1.36. The van der Waals surface area contributed by atoms with Gasteiger partial charge in [0.1, 0.15) is 11.8 Å². The van der Waals surface area contributed by atoms with Crippen LogP contribution in [0.25, 0.3) is 0 Å². The number of aromatic hydroxyl groups is 1. The van der Waals surface area contributed by atoms with Gasteiger partial charge in [0, 0.05) is 13.5 Å². The summed E-state index contributed by atoms with van der Waals surface area (Å²) >= 11 is 12.4. The number of hydrogen-bond acceptors (Lipinski definition) is 5. The molecular weight excluding hydrogens is 447 g/mol. The van der Waals surface area contributed by atoms with Crippen molar-refractivity contribution in [2.75, 3.05) is 6.54 Å². The van der Waals surface area contributed by atoms with Crippen molar-refractivity contribution in [3.8, 4) is 5.75 Å². The number of carboxylic acid groups (broad SMARTS) is 1. The number of nitrogens with one attached hydrogen (secondary N) is 2. The van der Waals surface area contributed by atoms with Gasteiger partial charge < -0.3 is 26.0 Å². The molecule has 2 rings (SSSR count). The van der Waals surface area contributed by atoms with Crippen LogP contribution in [0.3, 0.4) is 0 Å². The molecule has 2 amide bonds. The number of amides is 2. The first-order valence-electron chi connectivity index (χ1n) is 9.31. The number of carboxylic acids is 1. The number of hydrogen-bond donors (Lipinski definition) is 5. The van der Waals surface area contributed by atoms with Gasteiger partial charge in [-0.15, -0.1) is 0 Å². The van der Waals surface area contributed by atoms with Crippen molar-refractivity contribution in [1.82, 2.24) is 10.6 Å². The Morgan fingerprint density at radius 3 is 2.29 bits per heavy atom. The lowest BCUT2D eigenvalue weighted by molar-refractivity contribution is -0.139. The number of aliphatic carboxylic acids is 1. The molecule has 31 heavy (non-hydrogen) atoms. The number of benzene rings is 2. The predicted molar refractivity (Wildman–Crippen MR) is 115 cm³/mol. The van der Waals surface area contributed by atoms with E-state index in [2.05, 4.69) is 10.6 Å². The number of aryl methyl sites for hydroxylation is 1. The minimum absolute atomic E-state index is 0.0236. The van der Waals surface area contributed by atoms with E-state index in [4.69, 9.17) is 23.2 Å². The summed E-state index contributed by atoms with van der Waals surface area (Å²) < 4.78 is 0. The Labute approximate surface area is 188 Å². The second-order valence-electron chi connectivity index (χ2n) is 6.89. The smallest absolute Gasteiger partial charge is 0.328 e. The van der Waals surface area contributed by atoms with Crippen LogP contribution in [0.1, 0.15) is 40.9 Å². The standard InChI is InChI=1S/C21H22Cl2N2O6/c1-11(26)24-10-17(21(30)31)25-20(29)19-15(22)7-12(8-16(19)23)5-6-18(28)13-3-2-4-14(27)9-13/h2-4,7-9,17-18,27-28H,5-6,10H2,1H3,(H,24,26)(H,25,29)(H,30,31). The third kappa shape index (κ3) is 7.13. The third-order valence-corrected chi connectivity index (χ3v) is 5.05. The van der Waals surface area contributed by atoms with E-state index in [9.17, 15) is 29.7 Å². The molecule has 0 bridgehead atoms. The Morgan fingerprint density at radius 2 is 1.74 bits per heavy atom. The zero-order valence-corrected chi connectivity index (χ0v) is 18.1. The van der Waals surface area contributed by atoms with Crippen LogP contribution in [0.15, 0.2) is 36.4 Å². The zero-order valence-electron chi connectivity index (χ0n) is 16.6. The van der Waals surface area contributed by atoms with Gasteiger partial charge in [0.05, 0.1) is 21.7 Å². The summed E-state index contributed by atoms with van der Waals surface area (Å²) in [4.78, 5) is 34.8. The molecule has 0 spiro atoms. The molecule has 2 unspecified atom stereocenters. The summed E-state index contributed by atoms with van der Waals surface area (Å²) in [6.07, 6.45) is -0.115. The molecular formula is C21H22Cl2N2O6. The molecule has 0 aliphatic rings. The van der Waals surface area contributed by atoms with Crippen LogP contribution in [-0.4, -0.2) is 45.7 Å². The SMILES string of the molecule is CC(=O)NCC(NC(=O)c1c(Cl)cc(CCC(O)c2cccc(O)c2)cc1Cl)C(=O)O. The van der Waals surface area contributed by atoms with E-state index in [1.807, 2.05) is 0 Å². The van der Waals surface area contributed by atoms with E-state index >= 15 is 0 Å². The predicted octanol–water partition coefficient (Wildman–Crippen LogP) is 2.68. The molecule has 0 fully saturated rings. The summed E-state index contributed by atoms with van der Waals surface area (Å²) in [5.74, 6) is -2.50. The lowest BCUT2D eigenvalue weighted by Crippen LogP contribution is -2.48. The molecule has 2 aromatic carbocycles. The van der Waals surface area contributed by atoms with E-state index in [1.54, 1.807) is 12.1 Å². The highest BCUT2D eigenvalue weighted by molar-refractivity contribution is 6.39. The zero-order chi connectivity index (χ0) is 23.1. The average molecular weight is 469 g/mol. The van der Waals surface area contributed by atoms with Crippen LogP contribution in [0.4, 0.5) is 0 Å². The number of rotatable bonds is 9. The molecule has 0 aliphatic heterocycles. The molecule has 0 aliphatic carbocycles. The van der Waals surface area contributed by atoms with Crippen LogP contribution in [0.2, 0.25) is 10.0 Å². The number of carbonyl (C=O) groups is 3. The maximum atomic E-state index is 12.5. The van der Waals surface area contributed by atoms with Gasteiger partial charge in [-0.05, 0) is 48.2 Å². The summed E-state index contributed by atoms with van der Waals surface area (Å²) in [5, 5.41) is 33.7.